The summed E-state index contributed by atoms with van der Waals surface area (Å²) < 4.78 is 13.3. The predicted octanol–water partition coefficient (Wildman–Crippen LogP) is 2.69. The molecule has 0 bridgehead atoms. The van der Waals surface area contributed by atoms with Crippen LogP contribution in [0.5, 0.6) is 0 Å². The van der Waals surface area contributed by atoms with Crippen LogP contribution in [0.4, 0.5) is 4.39 Å². The van der Waals surface area contributed by atoms with Crippen molar-refractivity contribution in [3.05, 3.63) is 34.6 Å². The van der Waals surface area contributed by atoms with Crippen LogP contribution < -0.4 is 5.32 Å². The summed E-state index contributed by atoms with van der Waals surface area (Å²) in [7, 11) is 1.74. The maximum absolute atomic E-state index is 13.3. The molecule has 1 unspecified atom stereocenters. The van der Waals surface area contributed by atoms with E-state index in [1.165, 1.54) is 25.0 Å². The highest BCUT2D eigenvalue weighted by Gasteiger charge is 2.19. The summed E-state index contributed by atoms with van der Waals surface area (Å²) in [6.07, 6.45) is 3.46. The Morgan fingerprint density at radius 2 is 2.32 bits per heavy atom. The van der Waals surface area contributed by atoms with Crippen molar-refractivity contribution in [1.29, 1.82) is 0 Å². The smallest absolute Gasteiger partial charge is 0.253 e. The number of benzene rings is 1. The van der Waals surface area contributed by atoms with Gasteiger partial charge in [0.05, 0.1) is 5.02 Å². The van der Waals surface area contributed by atoms with Gasteiger partial charge in [-0.2, -0.15) is 0 Å². The summed E-state index contributed by atoms with van der Waals surface area (Å²) in [5.41, 5.74) is 0.334. The van der Waals surface area contributed by atoms with Gasteiger partial charge < -0.3 is 10.2 Å². The molecule has 19 heavy (non-hydrogen) atoms. The lowest BCUT2D eigenvalue weighted by molar-refractivity contribution is 0.0775. The van der Waals surface area contributed by atoms with Gasteiger partial charge in [0, 0.05) is 25.2 Å². The Balaban J connectivity index is 1.99. The van der Waals surface area contributed by atoms with Crippen LogP contribution in [0.3, 0.4) is 0 Å². The number of carbonyl (C=O) groups excluding carboxylic acids is 1. The number of hydrogen-bond donors (Lipinski definition) is 1. The van der Waals surface area contributed by atoms with Crippen molar-refractivity contribution in [3.63, 3.8) is 0 Å². The minimum absolute atomic E-state index is 0.0353. The molecule has 0 aliphatic carbocycles. The second kappa shape index (κ2) is 6.35. The average molecular weight is 285 g/mol. The lowest BCUT2D eigenvalue weighted by Crippen LogP contribution is -2.44. The Morgan fingerprint density at radius 3 is 2.95 bits per heavy atom. The molecule has 0 spiro atoms. The fourth-order valence-corrected chi connectivity index (χ4v) is 2.46. The van der Waals surface area contributed by atoms with Crippen molar-refractivity contribution in [2.45, 2.75) is 25.3 Å². The molecule has 0 radical (unpaired) electrons. The summed E-state index contributed by atoms with van der Waals surface area (Å²) in [4.78, 5) is 13.8. The average Bonchev–Trinajstić information content (AvgIpc) is 2.42. The first-order valence-corrected chi connectivity index (χ1v) is 6.89. The van der Waals surface area contributed by atoms with Crippen LogP contribution in [0.15, 0.2) is 18.2 Å². The maximum Gasteiger partial charge on any atom is 0.253 e. The number of carbonyl (C=O) groups is 1. The Hall–Kier alpha value is -1.13. The van der Waals surface area contributed by atoms with Gasteiger partial charge in [-0.15, -0.1) is 0 Å². The van der Waals surface area contributed by atoms with E-state index in [0.717, 1.165) is 13.0 Å². The first-order chi connectivity index (χ1) is 9.08. The van der Waals surface area contributed by atoms with E-state index in [0.29, 0.717) is 18.2 Å². The second-order valence-corrected chi connectivity index (χ2v) is 5.37. The molecule has 1 N–H and O–H groups in total. The largest absolute Gasteiger partial charge is 0.340 e. The highest BCUT2D eigenvalue weighted by molar-refractivity contribution is 6.30. The SMILES string of the molecule is CN(CC1CCCCN1)C(=O)c1ccc(Cl)c(F)c1. The molecule has 1 atom stereocenters. The van der Waals surface area contributed by atoms with E-state index in [9.17, 15) is 9.18 Å². The number of nitrogens with one attached hydrogen (secondary N) is 1. The number of rotatable bonds is 3. The van der Waals surface area contributed by atoms with E-state index in [2.05, 4.69) is 5.32 Å². The number of nitrogens with zero attached hydrogens (tertiary/aromatic N) is 1. The Labute approximate surface area is 117 Å². The maximum atomic E-state index is 13.3. The van der Waals surface area contributed by atoms with Gasteiger partial charge in [0.15, 0.2) is 0 Å². The van der Waals surface area contributed by atoms with Gasteiger partial charge in [-0.1, -0.05) is 18.0 Å². The first-order valence-electron chi connectivity index (χ1n) is 6.52. The van der Waals surface area contributed by atoms with Crippen molar-refractivity contribution in [3.8, 4) is 0 Å². The van der Waals surface area contributed by atoms with E-state index >= 15 is 0 Å². The highest BCUT2D eigenvalue weighted by atomic mass is 35.5. The van der Waals surface area contributed by atoms with Crippen molar-refractivity contribution in [1.82, 2.24) is 10.2 Å². The zero-order valence-corrected chi connectivity index (χ0v) is 11.7. The number of amides is 1. The van der Waals surface area contributed by atoms with Gasteiger partial charge in [-0.05, 0) is 37.6 Å². The standard InChI is InChI=1S/C14H18ClFN2O/c1-18(9-11-4-2-3-7-17-11)14(19)10-5-6-12(15)13(16)8-10/h5-6,8,11,17H,2-4,7,9H2,1H3. The van der Waals surface area contributed by atoms with Crippen molar-refractivity contribution >= 4 is 17.5 Å². The lowest BCUT2D eigenvalue weighted by Gasteiger charge is -2.28. The number of hydrogen-bond acceptors (Lipinski definition) is 2. The quantitative estimate of drug-likeness (QED) is 0.926. The second-order valence-electron chi connectivity index (χ2n) is 4.96. The minimum atomic E-state index is -0.559. The molecule has 0 saturated carbocycles. The lowest BCUT2D eigenvalue weighted by atomic mass is 10.0. The van der Waals surface area contributed by atoms with Crippen LogP contribution in [0.2, 0.25) is 5.02 Å². The molecule has 1 aliphatic rings. The fourth-order valence-electron chi connectivity index (χ4n) is 2.34. The van der Waals surface area contributed by atoms with Crippen LogP contribution in [-0.2, 0) is 0 Å². The molecular formula is C14H18ClFN2O. The Bertz CT molecular complexity index is 461. The molecule has 104 valence electrons. The monoisotopic (exact) mass is 284 g/mol. The van der Waals surface area contributed by atoms with Crippen molar-refractivity contribution in [2.75, 3.05) is 20.1 Å². The number of piperidine rings is 1. The molecule has 2 rings (SSSR count). The third kappa shape index (κ3) is 3.67. The predicted molar refractivity (Wildman–Crippen MR) is 74.0 cm³/mol. The van der Waals surface area contributed by atoms with Gasteiger partial charge in [0.2, 0.25) is 0 Å². The molecule has 3 nitrogen and oxygen atoms in total. The molecule has 5 heteroatoms. The van der Waals surface area contributed by atoms with E-state index in [4.69, 9.17) is 11.6 Å². The Kier molecular flexibility index (Phi) is 4.77. The van der Waals surface area contributed by atoms with E-state index in [1.54, 1.807) is 18.0 Å². The minimum Gasteiger partial charge on any atom is -0.340 e. The molecule has 1 saturated heterocycles. The van der Waals surface area contributed by atoms with Gasteiger partial charge in [-0.25, -0.2) is 4.39 Å². The van der Waals surface area contributed by atoms with Crippen LogP contribution in [0.25, 0.3) is 0 Å². The molecule has 1 aromatic carbocycles. The van der Waals surface area contributed by atoms with Crippen LogP contribution in [-0.4, -0.2) is 37.0 Å². The third-order valence-electron chi connectivity index (χ3n) is 3.42. The normalized spacial score (nSPS) is 19.2. The summed E-state index contributed by atoms with van der Waals surface area (Å²) in [6, 6.07) is 4.49. The van der Waals surface area contributed by atoms with Crippen LogP contribution in [0.1, 0.15) is 29.6 Å². The van der Waals surface area contributed by atoms with Gasteiger partial charge in [0.25, 0.3) is 5.91 Å². The number of likely N-dealkylation sites (N-methyl/N-ethyl adjacent to an activating group) is 1. The third-order valence-corrected chi connectivity index (χ3v) is 3.73. The summed E-state index contributed by atoms with van der Waals surface area (Å²) in [5.74, 6) is -0.736. The molecule has 1 aliphatic heterocycles. The molecule has 1 fully saturated rings. The van der Waals surface area contributed by atoms with E-state index in [1.807, 2.05) is 0 Å². The van der Waals surface area contributed by atoms with Gasteiger partial charge >= 0.3 is 0 Å². The summed E-state index contributed by atoms with van der Waals surface area (Å²) in [6.45, 7) is 1.64. The van der Waals surface area contributed by atoms with E-state index < -0.39 is 5.82 Å². The molecule has 1 heterocycles. The number of halogens is 2. The van der Waals surface area contributed by atoms with E-state index in [-0.39, 0.29) is 10.9 Å². The summed E-state index contributed by atoms with van der Waals surface area (Å²) >= 11 is 5.61. The summed E-state index contributed by atoms with van der Waals surface area (Å²) in [5, 5.41) is 3.42. The molecule has 1 aromatic rings. The zero-order chi connectivity index (χ0) is 13.8. The molecular weight excluding hydrogens is 267 g/mol. The van der Waals surface area contributed by atoms with Crippen LogP contribution in [0, 0.1) is 5.82 Å². The van der Waals surface area contributed by atoms with Crippen LogP contribution >= 0.6 is 11.6 Å². The zero-order valence-electron chi connectivity index (χ0n) is 11.0. The van der Waals surface area contributed by atoms with Crippen molar-refractivity contribution < 1.29 is 9.18 Å². The Morgan fingerprint density at radius 1 is 1.53 bits per heavy atom. The van der Waals surface area contributed by atoms with Gasteiger partial charge in [-0.3, -0.25) is 4.79 Å². The highest BCUT2D eigenvalue weighted by Crippen LogP contribution is 2.17. The van der Waals surface area contributed by atoms with Crippen molar-refractivity contribution in [2.24, 2.45) is 0 Å². The first kappa shape index (κ1) is 14.3. The topological polar surface area (TPSA) is 32.3 Å². The molecule has 1 amide bonds. The van der Waals surface area contributed by atoms with Gasteiger partial charge in [0.1, 0.15) is 5.82 Å². The molecule has 0 aromatic heterocycles. The fraction of sp³-hybridized carbons (Fsp3) is 0.500.